The summed E-state index contributed by atoms with van der Waals surface area (Å²) in [6, 6.07) is 6.45. The minimum atomic E-state index is -0.101. The van der Waals surface area contributed by atoms with Gasteiger partial charge >= 0.3 is 0 Å². The van der Waals surface area contributed by atoms with Crippen LogP contribution < -0.4 is 10.5 Å². The molecule has 0 heterocycles. The molecule has 2 nitrogen and oxygen atoms in total. The van der Waals surface area contributed by atoms with Crippen molar-refractivity contribution < 1.29 is 4.74 Å². The van der Waals surface area contributed by atoms with Gasteiger partial charge in [-0.2, -0.15) is 0 Å². The van der Waals surface area contributed by atoms with E-state index in [4.69, 9.17) is 10.5 Å². The first-order chi connectivity index (χ1) is 8.07. The van der Waals surface area contributed by atoms with Gasteiger partial charge < -0.3 is 10.5 Å². The largest absolute Gasteiger partial charge is 0.496 e. The fourth-order valence-electron chi connectivity index (χ4n) is 2.79. The third kappa shape index (κ3) is 2.32. The minimum Gasteiger partial charge on any atom is -0.496 e. The third-order valence-corrected chi connectivity index (χ3v) is 3.92. The van der Waals surface area contributed by atoms with Gasteiger partial charge in [0.1, 0.15) is 5.75 Å². The van der Waals surface area contributed by atoms with Crippen LogP contribution in [0.15, 0.2) is 18.2 Å². The molecule has 1 aliphatic carbocycles. The number of hydrogen-bond donors (Lipinski definition) is 1. The molecule has 0 aliphatic heterocycles. The maximum absolute atomic E-state index is 6.50. The van der Waals surface area contributed by atoms with Crippen LogP contribution >= 0.6 is 0 Å². The molecule has 1 fully saturated rings. The van der Waals surface area contributed by atoms with Crippen LogP contribution in [-0.2, 0) is 5.54 Å². The average Bonchev–Trinajstić information content (AvgIpc) is 2.76. The molecule has 0 unspecified atom stereocenters. The summed E-state index contributed by atoms with van der Waals surface area (Å²) in [6.07, 6.45) is 4.72. The van der Waals surface area contributed by atoms with Crippen molar-refractivity contribution in [2.24, 2.45) is 5.73 Å². The van der Waals surface area contributed by atoms with Crippen LogP contribution in [0.3, 0.4) is 0 Å². The van der Waals surface area contributed by atoms with E-state index >= 15 is 0 Å². The number of ether oxygens (including phenoxy) is 1. The van der Waals surface area contributed by atoms with E-state index in [0.29, 0.717) is 5.92 Å². The topological polar surface area (TPSA) is 35.2 Å². The second-order valence-corrected chi connectivity index (χ2v) is 5.47. The van der Waals surface area contributed by atoms with Crippen LogP contribution in [0.2, 0.25) is 0 Å². The van der Waals surface area contributed by atoms with Gasteiger partial charge in [-0.05, 0) is 36.0 Å². The summed E-state index contributed by atoms with van der Waals surface area (Å²) < 4.78 is 5.42. The molecule has 0 radical (unpaired) electrons. The Hall–Kier alpha value is -1.02. The maximum atomic E-state index is 6.50. The molecule has 0 aromatic heterocycles. The lowest BCUT2D eigenvalue weighted by Crippen LogP contribution is -2.33. The van der Waals surface area contributed by atoms with Crippen molar-refractivity contribution in [2.45, 2.75) is 51.0 Å². The maximum Gasteiger partial charge on any atom is 0.122 e. The quantitative estimate of drug-likeness (QED) is 0.866. The zero-order valence-electron chi connectivity index (χ0n) is 11.1. The fourth-order valence-corrected chi connectivity index (χ4v) is 2.79. The summed E-state index contributed by atoms with van der Waals surface area (Å²) in [5.41, 5.74) is 8.94. The van der Waals surface area contributed by atoms with Crippen LogP contribution in [0.25, 0.3) is 0 Å². The van der Waals surface area contributed by atoms with Crippen molar-refractivity contribution in [1.82, 2.24) is 0 Å². The Bertz CT molecular complexity index is 392. The van der Waals surface area contributed by atoms with Crippen molar-refractivity contribution in [1.29, 1.82) is 0 Å². The van der Waals surface area contributed by atoms with Gasteiger partial charge in [0.15, 0.2) is 0 Å². The highest BCUT2D eigenvalue weighted by Crippen LogP contribution is 2.39. The summed E-state index contributed by atoms with van der Waals surface area (Å²) in [7, 11) is 1.73. The lowest BCUT2D eigenvalue weighted by molar-refractivity contribution is 0.405. The van der Waals surface area contributed by atoms with E-state index in [1.807, 2.05) is 0 Å². The number of benzene rings is 1. The molecule has 0 atom stereocenters. The summed E-state index contributed by atoms with van der Waals surface area (Å²) in [5, 5.41) is 0. The van der Waals surface area contributed by atoms with Crippen LogP contribution in [0.5, 0.6) is 5.75 Å². The normalized spacial score (nSPS) is 18.6. The molecule has 0 saturated heterocycles. The van der Waals surface area contributed by atoms with Crippen molar-refractivity contribution in [3.05, 3.63) is 29.3 Å². The molecule has 1 aromatic rings. The van der Waals surface area contributed by atoms with Gasteiger partial charge in [0.05, 0.1) is 7.11 Å². The first-order valence-corrected chi connectivity index (χ1v) is 6.54. The van der Waals surface area contributed by atoms with E-state index in [1.54, 1.807) is 7.11 Å². The Morgan fingerprint density at radius 1 is 1.24 bits per heavy atom. The first kappa shape index (κ1) is 12.4. The Morgan fingerprint density at radius 2 is 1.88 bits per heavy atom. The van der Waals surface area contributed by atoms with E-state index in [2.05, 4.69) is 32.0 Å². The van der Waals surface area contributed by atoms with E-state index < -0.39 is 0 Å². The molecule has 17 heavy (non-hydrogen) atoms. The second kappa shape index (κ2) is 4.69. The summed E-state index contributed by atoms with van der Waals surface area (Å²) in [6.45, 7) is 4.39. The van der Waals surface area contributed by atoms with Crippen molar-refractivity contribution in [2.75, 3.05) is 7.11 Å². The third-order valence-electron chi connectivity index (χ3n) is 3.92. The van der Waals surface area contributed by atoms with Crippen LogP contribution in [0.4, 0.5) is 0 Å². The highest BCUT2D eigenvalue weighted by atomic mass is 16.5. The molecule has 2 rings (SSSR count). The predicted octanol–water partition coefficient (Wildman–Crippen LogP) is 3.55. The number of nitrogens with two attached hydrogens (primary N) is 1. The van der Waals surface area contributed by atoms with Crippen molar-refractivity contribution in [3.8, 4) is 5.75 Å². The molecular weight excluding hydrogens is 210 g/mol. The molecule has 0 amide bonds. The first-order valence-electron chi connectivity index (χ1n) is 6.54. The van der Waals surface area contributed by atoms with Gasteiger partial charge in [0.25, 0.3) is 0 Å². The van der Waals surface area contributed by atoms with Crippen LogP contribution in [-0.4, -0.2) is 7.11 Å². The smallest absolute Gasteiger partial charge is 0.122 e. The monoisotopic (exact) mass is 233 g/mol. The number of hydrogen-bond acceptors (Lipinski definition) is 2. The lowest BCUT2D eigenvalue weighted by atomic mass is 9.86. The zero-order chi connectivity index (χ0) is 12.5. The van der Waals surface area contributed by atoms with Gasteiger partial charge in [-0.1, -0.05) is 38.8 Å². The predicted molar refractivity (Wildman–Crippen MR) is 71.4 cm³/mol. The van der Waals surface area contributed by atoms with Gasteiger partial charge in [-0.25, -0.2) is 0 Å². The van der Waals surface area contributed by atoms with Gasteiger partial charge in [-0.3, -0.25) is 0 Å². The van der Waals surface area contributed by atoms with E-state index in [-0.39, 0.29) is 5.54 Å². The standard InChI is InChI=1S/C15H23NO/c1-11(2)13-10-12(6-7-14(13)17-3)15(16)8-4-5-9-15/h6-7,10-11H,4-5,8-9,16H2,1-3H3. The Balaban J connectivity index is 2.40. The highest BCUT2D eigenvalue weighted by molar-refractivity contribution is 5.42. The lowest BCUT2D eigenvalue weighted by Gasteiger charge is -2.26. The molecule has 1 aliphatic rings. The summed E-state index contributed by atoms with van der Waals surface area (Å²) in [5.74, 6) is 1.44. The molecule has 1 aromatic carbocycles. The highest BCUT2D eigenvalue weighted by Gasteiger charge is 2.31. The fraction of sp³-hybridized carbons (Fsp3) is 0.600. The molecule has 2 N–H and O–H groups in total. The molecule has 2 heteroatoms. The average molecular weight is 233 g/mol. The summed E-state index contributed by atoms with van der Waals surface area (Å²) >= 11 is 0. The molecule has 94 valence electrons. The van der Waals surface area contributed by atoms with Gasteiger partial charge in [0.2, 0.25) is 0 Å². The molecular formula is C15H23NO. The van der Waals surface area contributed by atoms with E-state index in [9.17, 15) is 0 Å². The summed E-state index contributed by atoms with van der Waals surface area (Å²) in [4.78, 5) is 0. The van der Waals surface area contributed by atoms with Gasteiger partial charge in [-0.15, -0.1) is 0 Å². The molecule has 1 saturated carbocycles. The van der Waals surface area contributed by atoms with E-state index in [0.717, 1.165) is 18.6 Å². The van der Waals surface area contributed by atoms with E-state index in [1.165, 1.54) is 24.0 Å². The van der Waals surface area contributed by atoms with Gasteiger partial charge in [0, 0.05) is 5.54 Å². The van der Waals surface area contributed by atoms with Crippen molar-refractivity contribution >= 4 is 0 Å². The second-order valence-electron chi connectivity index (χ2n) is 5.47. The zero-order valence-corrected chi connectivity index (χ0v) is 11.1. The number of methoxy groups -OCH3 is 1. The number of rotatable bonds is 3. The SMILES string of the molecule is COc1ccc(C2(N)CCCC2)cc1C(C)C. The molecule has 0 spiro atoms. The Labute approximate surface area is 104 Å². The van der Waals surface area contributed by atoms with Crippen molar-refractivity contribution in [3.63, 3.8) is 0 Å². The van der Waals surface area contributed by atoms with Crippen LogP contribution in [0, 0.1) is 0 Å². The van der Waals surface area contributed by atoms with Crippen LogP contribution in [0.1, 0.15) is 56.6 Å². The molecule has 0 bridgehead atoms. The Kier molecular flexibility index (Phi) is 3.43. The minimum absolute atomic E-state index is 0.101. The Morgan fingerprint density at radius 3 is 2.41 bits per heavy atom.